The lowest BCUT2D eigenvalue weighted by molar-refractivity contribution is -0.189. The van der Waals surface area contributed by atoms with Crippen LogP contribution in [0.3, 0.4) is 0 Å². The van der Waals surface area contributed by atoms with E-state index in [-0.39, 0.29) is 7.62 Å². The summed E-state index contributed by atoms with van der Waals surface area (Å²) in [5.41, 5.74) is 4.36. The first-order valence-corrected chi connectivity index (χ1v) is 1.79. The van der Waals surface area contributed by atoms with E-state index in [1.54, 1.807) is 0 Å². The second kappa shape index (κ2) is 2.72. The van der Waals surface area contributed by atoms with E-state index < -0.39 is 12.1 Å². The van der Waals surface area contributed by atoms with Crippen LogP contribution in [0.25, 0.3) is 0 Å². The third-order valence-electron chi connectivity index (χ3n) is 0.407. The average Bonchev–Trinajstić information content (AvgIpc) is 1.64. The highest BCUT2D eigenvalue weighted by Gasteiger charge is 2.40. The molecule has 0 heterocycles. The molecule has 0 saturated carbocycles. The predicted octanol–water partition coefficient (Wildman–Crippen LogP) is -0.415. The standard InChI is InChI=1S/C2H2BF3NO2/c4-2(5,6)1(8)9-3-7/h7H2. The number of hydrogen-bond acceptors (Lipinski definition) is 3. The van der Waals surface area contributed by atoms with Gasteiger partial charge in [0.05, 0.1) is 0 Å². The van der Waals surface area contributed by atoms with Crippen molar-refractivity contribution < 1.29 is 22.6 Å². The van der Waals surface area contributed by atoms with E-state index in [1.807, 2.05) is 0 Å². The first-order chi connectivity index (χ1) is 3.98. The summed E-state index contributed by atoms with van der Waals surface area (Å²) < 4.78 is 36.6. The van der Waals surface area contributed by atoms with Crippen LogP contribution < -0.4 is 5.64 Å². The third-order valence-corrected chi connectivity index (χ3v) is 0.407. The van der Waals surface area contributed by atoms with Crippen molar-refractivity contribution in [2.75, 3.05) is 0 Å². The van der Waals surface area contributed by atoms with Crippen LogP contribution in [0, 0.1) is 0 Å². The van der Waals surface area contributed by atoms with E-state index in [1.165, 1.54) is 0 Å². The lowest BCUT2D eigenvalue weighted by atomic mass is 10.3. The van der Waals surface area contributed by atoms with Crippen LogP contribution in [0.15, 0.2) is 0 Å². The fraction of sp³-hybridized carbons (Fsp3) is 0.500. The lowest BCUT2D eigenvalue weighted by Crippen LogP contribution is -2.29. The van der Waals surface area contributed by atoms with Crippen LogP contribution >= 0.6 is 0 Å². The zero-order valence-electron chi connectivity index (χ0n) is 4.11. The van der Waals surface area contributed by atoms with Gasteiger partial charge >= 0.3 is 19.8 Å². The van der Waals surface area contributed by atoms with Crippen molar-refractivity contribution in [2.24, 2.45) is 5.64 Å². The Kier molecular flexibility index (Phi) is 2.50. The molecule has 0 atom stereocenters. The molecule has 1 radical (unpaired) electrons. The van der Waals surface area contributed by atoms with Gasteiger partial charge in [0.2, 0.25) is 0 Å². The number of rotatable bonds is 1. The largest absolute Gasteiger partial charge is 0.515 e. The van der Waals surface area contributed by atoms with Gasteiger partial charge in [-0.25, -0.2) is 4.79 Å². The van der Waals surface area contributed by atoms with Gasteiger partial charge in [-0.15, -0.1) is 0 Å². The molecule has 0 aromatic rings. The van der Waals surface area contributed by atoms with Gasteiger partial charge in [-0.3, -0.25) is 0 Å². The van der Waals surface area contributed by atoms with Crippen LogP contribution in [0.2, 0.25) is 0 Å². The van der Waals surface area contributed by atoms with Crippen molar-refractivity contribution in [3.8, 4) is 0 Å². The summed E-state index contributed by atoms with van der Waals surface area (Å²) in [5, 5.41) is 0. The van der Waals surface area contributed by atoms with Crippen LogP contribution in [0.4, 0.5) is 13.2 Å². The van der Waals surface area contributed by atoms with Crippen molar-refractivity contribution in [3.63, 3.8) is 0 Å². The zero-order valence-corrected chi connectivity index (χ0v) is 4.11. The van der Waals surface area contributed by atoms with Gasteiger partial charge in [-0.05, 0) is 0 Å². The van der Waals surface area contributed by atoms with Gasteiger partial charge in [0.1, 0.15) is 0 Å². The van der Waals surface area contributed by atoms with Crippen LogP contribution in [0.1, 0.15) is 0 Å². The summed E-state index contributed by atoms with van der Waals surface area (Å²) in [7, 11) is 0.176. The lowest BCUT2D eigenvalue weighted by Gasteiger charge is -2.02. The third kappa shape index (κ3) is 2.96. The molecule has 0 aromatic carbocycles. The molecule has 0 unspecified atom stereocenters. The summed E-state index contributed by atoms with van der Waals surface area (Å²) in [6.45, 7) is 0. The number of alkyl halides is 3. The molecule has 0 aromatic heterocycles. The molecule has 0 amide bonds. The smallest absolute Gasteiger partial charge is 0.489 e. The average molecular weight is 140 g/mol. The summed E-state index contributed by atoms with van der Waals surface area (Å²) in [5.74, 6) is -2.31. The Balaban J connectivity index is 3.74. The molecule has 0 rings (SSSR count). The molecule has 0 aliphatic heterocycles. The number of nitrogens with two attached hydrogens (primary N) is 1. The molecule has 0 bridgehead atoms. The van der Waals surface area contributed by atoms with E-state index in [0.717, 1.165) is 0 Å². The van der Waals surface area contributed by atoms with Gasteiger partial charge in [0.25, 0.3) is 0 Å². The molecule has 9 heavy (non-hydrogen) atoms. The highest BCUT2D eigenvalue weighted by atomic mass is 19.4. The fourth-order valence-electron chi connectivity index (χ4n) is 0.129. The van der Waals surface area contributed by atoms with Crippen LogP contribution in [-0.4, -0.2) is 19.8 Å². The second-order valence-corrected chi connectivity index (χ2v) is 1.04. The molecule has 0 aliphatic carbocycles. The predicted molar refractivity (Wildman–Crippen MR) is 22.1 cm³/mol. The molecule has 0 fully saturated rings. The van der Waals surface area contributed by atoms with E-state index in [2.05, 4.69) is 10.3 Å². The maximum absolute atomic E-state index is 11.1. The molecular formula is C2H2BF3NO2. The Morgan fingerprint density at radius 3 is 2.11 bits per heavy atom. The van der Waals surface area contributed by atoms with Crippen molar-refractivity contribution in [2.45, 2.75) is 6.18 Å². The number of carbonyl (C=O) groups excluding carboxylic acids is 1. The van der Waals surface area contributed by atoms with Crippen molar-refractivity contribution in [1.82, 2.24) is 0 Å². The maximum atomic E-state index is 11.1. The Hall–Kier alpha value is -0.715. The molecule has 7 heteroatoms. The van der Waals surface area contributed by atoms with Gasteiger partial charge in [0.15, 0.2) is 0 Å². The molecular weight excluding hydrogens is 138 g/mol. The summed E-state index contributed by atoms with van der Waals surface area (Å²) in [4.78, 5) is 9.61. The van der Waals surface area contributed by atoms with E-state index in [9.17, 15) is 18.0 Å². The molecule has 3 nitrogen and oxygen atoms in total. The number of hydrogen-bond donors (Lipinski definition) is 1. The van der Waals surface area contributed by atoms with Crippen LogP contribution in [-0.2, 0) is 9.45 Å². The topological polar surface area (TPSA) is 52.3 Å². The zero-order chi connectivity index (χ0) is 7.49. The van der Waals surface area contributed by atoms with Crippen LogP contribution in [0.5, 0.6) is 0 Å². The Bertz CT molecular complexity index is 113. The first kappa shape index (κ1) is 8.28. The fourth-order valence-corrected chi connectivity index (χ4v) is 0.129. The van der Waals surface area contributed by atoms with Gasteiger partial charge < -0.3 is 10.3 Å². The van der Waals surface area contributed by atoms with Gasteiger partial charge in [-0.1, -0.05) is 0 Å². The normalized spacial score (nSPS) is 10.7. The minimum absolute atomic E-state index is 0.176. The van der Waals surface area contributed by atoms with Crippen molar-refractivity contribution >= 4 is 13.6 Å². The Morgan fingerprint density at radius 1 is 1.56 bits per heavy atom. The highest BCUT2D eigenvalue weighted by Crippen LogP contribution is 2.15. The SMILES string of the molecule is N[B]OC(=O)C(F)(F)F. The number of halogens is 3. The van der Waals surface area contributed by atoms with Gasteiger partial charge in [-0.2, -0.15) is 13.2 Å². The molecule has 51 valence electrons. The van der Waals surface area contributed by atoms with E-state index >= 15 is 0 Å². The molecule has 0 aliphatic rings. The monoisotopic (exact) mass is 140 g/mol. The first-order valence-electron chi connectivity index (χ1n) is 1.79. The summed E-state index contributed by atoms with van der Waals surface area (Å²) >= 11 is 0. The van der Waals surface area contributed by atoms with Crippen molar-refractivity contribution in [3.05, 3.63) is 0 Å². The minimum atomic E-state index is -4.96. The van der Waals surface area contributed by atoms with E-state index in [4.69, 9.17) is 0 Å². The summed E-state index contributed by atoms with van der Waals surface area (Å²) in [6.07, 6.45) is -4.96. The highest BCUT2D eigenvalue weighted by molar-refractivity contribution is 6.26. The summed E-state index contributed by atoms with van der Waals surface area (Å²) in [6, 6.07) is 0. The molecule has 0 saturated heterocycles. The Labute approximate surface area is 49.3 Å². The van der Waals surface area contributed by atoms with Crippen molar-refractivity contribution in [1.29, 1.82) is 0 Å². The van der Waals surface area contributed by atoms with E-state index in [0.29, 0.717) is 0 Å². The quantitative estimate of drug-likeness (QED) is 0.503. The number of carbonyl (C=O) groups is 1. The second-order valence-electron chi connectivity index (χ2n) is 1.04. The van der Waals surface area contributed by atoms with Gasteiger partial charge in [0, 0.05) is 0 Å². The molecule has 0 spiro atoms. The maximum Gasteiger partial charge on any atom is 0.489 e. The minimum Gasteiger partial charge on any atom is -0.515 e. The Morgan fingerprint density at radius 2 is 2.00 bits per heavy atom. The molecule has 2 N–H and O–H groups in total.